The zero-order valence-electron chi connectivity index (χ0n) is 16.0. The Balaban J connectivity index is 1.43. The fourth-order valence-corrected chi connectivity index (χ4v) is 3.76. The lowest BCUT2D eigenvalue weighted by atomic mass is 10.1. The summed E-state index contributed by atoms with van der Waals surface area (Å²) in [5.41, 5.74) is 4.12. The lowest BCUT2D eigenvalue weighted by Crippen LogP contribution is -2.49. The molecule has 5 nitrogen and oxygen atoms in total. The van der Waals surface area contributed by atoms with Crippen LogP contribution in [-0.4, -0.2) is 86.6 Å². The third-order valence-electron chi connectivity index (χ3n) is 5.79. The number of likely N-dealkylation sites (N-methyl/N-ethyl adjacent to an activating group) is 1. The minimum atomic E-state index is 0.324. The molecule has 1 amide bonds. The molecule has 0 aromatic heterocycles. The lowest BCUT2D eigenvalue weighted by molar-refractivity contribution is -0.133. The van der Waals surface area contributed by atoms with Crippen LogP contribution >= 0.6 is 0 Å². The second kappa shape index (κ2) is 8.19. The van der Waals surface area contributed by atoms with Crippen LogP contribution in [0, 0.1) is 13.8 Å². The van der Waals surface area contributed by atoms with Crippen LogP contribution in [-0.2, 0) is 4.79 Å². The van der Waals surface area contributed by atoms with E-state index in [1.165, 1.54) is 16.8 Å². The maximum absolute atomic E-state index is 12.4. The lowest BCUT2D eigenvalue weighted by Gasteiger charge is -2.37. The maximum Gasteiger partial charge on any atom is 0.223 e. The van der Waals surface area contributed by atoms with Gasteiger partial charge in [-0.1, -0.05) is 12.1 Å². The molecule has 0 bridgehead atoms. The molecule has 3 rings (SSSR count). The van der Waals surface area contributed by atoms with Gasteiger partial charge in [0.25, 0.3) is 0 Å². The number of carbonyl (C=O) groups excluding carboxylic acids is 1. The molecule has 2 aliphatic heterocycles. The van der Waals surface area contributed by atoms with Crippen molar-refractivity contribution < 1.29 is 4.79 Å². The Morgan fingerprint density at radius 2 is 1.64 bits per heavy atom. The summed E-state index contributed by atoms with van der Waals surface area (Å²) in [6.45, 7) is 13.2. The van der Waals surface area contributed by atoms with E-state index in [0.29, 0.717) is 12.3 Å². The standard InChI is InChI=1S/C20H32N4O/c1-17-5-4-6-19(18(17)2)23-15-11-22(12-16-23)8-7-20(25)24-13-9-21(3)10-14-24/h4-6H,7-16H2,1-3H3. The first-order valence-electron chi connectivity index (χ1n) is 9.54. The van der Waals surface area contributed by atoms with Crippen molar-refractivity contribution in [3.63, 3.8) is 0 Å². The molecule has 0 unspecified atom stereocenters. The molecule has 25 heavy (non-hydrogen) atoms. The number of carbonyl (C=O) groups is 1. The van der Waals surface area contributed by atoms with Crippen LogP contribution < -0.4 is 4.90 Å². The summed E-state index contributed by atoms with van der Waals surface area (Å²) in [5.74, 6) is 0.324. The highest BCUT2D eigenvalue weighted by atomic mass is 16.2. The van der Waals surface area contributed by atoms with E-state index in [4.69, 9.17) is 0 Å². The molecule has 0 saturated carbocycles. The van der Waals surface area contributed by atoms with Crippen LogP contribution in [0.25, 0.3) is 0 Å². The van der Waals surface area contributed by atoms with Crippen molar-refractivity contribution in [1.82, 2.24) is 14.7 Å². The number of amides is 1. The van der Waals surface area contributed by atoms with E-state index >= 15 is 0 Å². The molecule has 2 fully saturated rings. The SMILES string of the molecule is Cc1cccc(N2CCN(CCC(=O)N3CCN(C)CC3)CC2)c1C. The monoisotopic (exact) mass is 344 g/mol. The first-order chi connectivity index (χ1) is 12.0. The smallest absolute Gasteiger partial charge is 0.223 e. The fraction of sp³-hybridized carbons (Fsp3) is 0.650. The number of benzene rings is 1. The number of piperazine rings is 2. The molecule has 0 atom stereocenters. The van der Waals surface area contributed by atoms with Crippen molar-refractivity contribution >= 4 is 11.6 Å². The minimum absolute atomic E-state index is 0.324. The Morgan fingerprint density at radius 1 is 0.960 bits per heavy atom. The molecule has 2 saturated heterocycles. The second-order valence-corrected chi connectivity index (χ2v) is 7.48. The first-order valence-corrected chi connectivity index (χ1v) is 9.54. The number of aryl methyl sites for hydroxylation is 1. The number of anilines is 1. The van der Waals surface area contributed by atoms with Gasteiger partial charge in [-0.25, -0.2) is 0 Å². The van der Waals surface area contributed by atoms with E-state index < -0.39 is 0 Å². The third-order valence-corrected chi connectivity index (χ3v) is 5.79. The minimum Gasteiger partial charge on any atom is -0.369 e. The quantitative estimate of drug-likeness (QED) is 0.830. The van der Waals surface area contributed by atoms with Crippen LogP contribution in [0.15, 0.2) is 18.2 Å². The number of hydrogen-bond acceptors (Lipinski definition) is 4. The predicted molar refractivity (Wildman–Crippen MR) is 103 cm³/mol. The molecule has 5 heteroatoms. The Hall–Kier alpha value is -1.59. The summed E-state index contributed by atoms with van der Waals surface area (Å²) in [6.07, 6.45) is 0.660. The van der Waals surface area contributed by atoms with Gasteiger partial charge in [0.2, 0.25) is 5.91 Å². The topological polar surface area (TPSA) is 30.0 Å². The molecule has 0 N–H and O–H groups in total. The van der Waals surface area contributed by atoms with Gasteiger partial charge >= 0.3 is 0 Å². The van der Waals surface area contributed by atoms with Gasteiger partial charge in [-0.2, -0.15) is 0 Å². The van der Waals surface area contributed by atoms with Gasteiger partial charge in [0.15, 0.2) is 0 Å². The largest absolute Gasteiger partial charge is 0.369 e. The normalized spacial score (nSPS) is 20.1. The van der Waals surface area contributed by atoms with Crippen LogP contribution in [0.3, 0.4) is 0 Å². The predicted octanol–water partition coefficient (Wildman–Crippen LogP) is 1.59. The maximum atomic E-state index is 12.4. The van der Waals surface area contributed by atoms with Crippen molar-refractivity contribution in [2.24, 2.45) is 0 Å². The van der Waals surface area contributed by atoms with Crippen LogP contribution in [0.4, 0.5) is 5.69 Å². The Kier molecular flexibility index (Phi) is 5.97. The van der Waals surface area contributed by atoms with Gasteiger partial charge in [0, 0.05) is 71.0 Å². The Morgan fingerprint density at radius 3 is 2.32 bits per heavy atom. The molecule has 1 aromatic rings. The number of nitrogens with zero attached hydrogens (tertiary/aromatic N) is 4. The molecule has 0 aliphatic carbocycles. The van der Waals surface area contributed by atoms with Crippen LogP contribution in [0.2, 0.25) is 0 Å². The van der Waals surface area contributed by atoms with Crippen molar-refractivity contribution in [1.29, 1.82) is 0 Å². The van der Waals surface area contributed by atoms with Gasteiger partial charge in [-0.05, 0) is 38.1 Å². The summed E-state index contributed by atoms with van der Waals surface area (Å²) < 4.78 is 0. The van der Waals surface area contributed by atoms with E-state index in [9.17, 15) is 4.79 Å². The van der Waals surface area contributed by atoms with Gasteiger partial charge in [-0.15, -0.1) is 0 Å². The van der Waals surface area contributed by atoms with Gasteiger partial charge < -0.3 is 14.7 Å². The molecular formula is C20H32N4O. The summed E-state index contributed by atoms with van der Waals surface area (Å²) in [4.78, 5) is 21.6. The first kappa shape index (κ1) is 18.2. The van der Waals surface area contributed by atoms with Crippen LogP contribution in [0.1, 0.15) is 17.5 Å². The van der Waals surface area contributed by atoms with E-state index in [2.05, 4.69) is 53.8 Å². The average Bonchev–Trinajstić information content (AvgIpc) is 2.63. The van der Waals surface area contributed by atoms with Crippen LogP contribution in [0.5, 0.6) is 0 Å². The summed E-state index contributed by atoms with van der Waals surface area (Å²) in [7, 11) is 2.12. The zero-order valence-corrected chi connectivity index (χ0v) is 16.0. The molecule has 1 aromatic carbocycles. The fourth-order valence-electron chi connectivity index (χ4n) is 3.76. The third kappa shape index (κ3) is 4.53. The highest BCUT2D eigenvalue weighted by molar-refractivity contribution is 5.76. The average molecular weight is 345 g/mol. The van der Waals surface area contributed by atoms with Crippen molar-refractivity contribution in [3.05, 3.63) is 29.3 Å². The van der Waals surface area contributed by atoms with E-state index in [0.717, 1.165) is 58.9 Å². The second-order valence-electron chi connectivity index (χ2n) is 7.48. The molecule has 2 heterocycles. The Bertz CT molecular complexity index is 587. The van der Waals surface area contributed by atoms with Gasteiger partial charge in [0.05, 0.1) is 0 Å². The van der Waals surface area contributed by atoms with Crippen molar-refractivity contribution in [3.8, 4) is 0 Å². The molecule has 2 aliphatic rings. The van der Waals surface area contributed by atoms with Gasteiger partial charge in [-0.3, -0.25) is 9.69 Å². The summed E-state index contributed by atoms with van der Waals surface area (Å²) in [5, 5.41) is 0. The zero-order chi connectivity index (χ0) is 17.8. The number of rotatable bonds is 4. The van der Waals surface area contributed by atoms with E-state index in [1.807, 2.05) is 4.90 Å². The molecular weight excluding hydrogens is 312 g/mol. The highest BCUT2D eigenvalue weighted by Gasteiger charge is 2.22. The summed E-state index contributed by atoms with van der Waals surface area (Å²) in [6, 6.07) is 6.56. The number of hydrogen-bond donors (Lipinski definition) is 0. The Labute approximate surface area is 152 Å². The van der Waals surface area contributed by atoms with Gasteiger partial charge in [0.1, 0.15) is 0 Å². The molecule has 0 radical (unpaired) electrons. The van der Waals surface area contributed by atoms with E-state index in [1.54, 1.807) is 0 Å². The van der Waals surface area contributed by atoms with Crippen molar-refractivity contribution in [2.75, 3.05) is 70.9 Å². The van der Waals surface area contributed by atoms with Crippen molar-refractivity contribution in [2.45, 2.75) is 20.3 Å². The summed E-state index contributed by atoms with van der Waals surface area (Å²) >= 11 is 0. The van der Waals surface area contributed by atoms with E-state index in [-0.39, 0.29) is 0 Å². The molecule has 0 spiro atoms. The molecule has 138 valence electrons. The highest BCUT2D eigenvalue weighted by Crippen LogP contribution is 2.23.